The molecule has 1 saturated heterocycles. The van der Waals surface area contributed by atoms with E-state index in [1.165, 1.54) is 11.1 Å². The van der Waals surface area contributed by atoms with Crippen molar-refractivity contribution in [3.63, 3.8) is 0 Å². The fourth-order valence-corrected chi connectivity index (χ4v) is 5.09. The standard InChI is InChI=1S/C30H37N7O/c1-19-7-12-23(30(2,3)4)17-24(19)33-27-25-26(32-18-36(25)6)34-29(35-27)37-15-13-21(14-16-37)20-8-10-22(11-9-20)28(38)31-5/h7-12,17-18,21H,13-16H2,1-6H3,(H,31,38)(H,33,34,35). The Bertz CT molecular complexity index is 1460. The van der Waals surface area contributed by atoms with E-state index in [9.17, 15) is 4.79 Å². The first-order valence-electron chi connectivity index (χ1n) is 13.3. The van der Waals surface area contributed by atoms with Gasteiger partial charge in [0.15, 0.2) is 11.5 Å². The van der Waals surface area contributed by atoms with Crippen molar-refractivity contribution in [2.75, 3.05) is 30.4 Å². The van der Waals surface area contributed by atoms with Gasteiger partial charge in [0.2, 0.25) is 5.95 Å². The van der Waals surface area contributed by atoms with Crippen LogP contribution in [0.25, 0.3) is 11.2 Å². The fourth-order valence-electron chi connectivity index (χ4n) is 5.09. The van der Waals surface area contributed by atoms with Crippen molar-refractivity contribution in [2.24, 2.45) is 7.05 Å². The highest BCUT2D eigenvalue weighted by molar-refractivity contribution is 5.94. The monoisotopic (exact) mass is 511 g/mol. The lowest BCUT2D eigenvalue weighted by molar-refractivity contribution is 0.0963. The predicted molar refractivity (Wildman–Crippen MR) is 153 cm³/mol. The topological polar surface area (TPSA) is 88.0 Å². The number of fused-ring (bicyclic) bond motifs is 1. The molecule has 38 heavy (non-hydrogen) atoms. The Morgan fingerprint density at radius 3 is 2.39 bits per heavy atom. The lowest BCUT2D eigenvalue weighted by Gasteiger charge is -2.32. The van der Waals surface area contributed by atoms with Crippen LogP contribution >= 0.6 is 0 Å². The fraction of sp³-hybridized carbons (Fsp3) is 0.400. The molecular formula is C30H37N7O. The van der Waals surface area contributed by atoms with Crippen molar-refractivity contribution in [3.05, 3.63) is 71.0 Å². The summed E-state index contributed by atoms with van der Waals surface area (Å²) in [7, 11) is 3.63. The average Bonchev–Trinajstić information content (AvgIpc) is 3.29. The van der Waals surface area contributed by atoms with Gasteiger partial charge in [0, 0.05) is 38.4 Å². The molecule has 4 aromatic rings. The first-order chi connectivity index (χ1) is 18.1. The number of rotatable bonds is 5. The highest BCUT2D eigenvalue weighted by Crippen LogP contribution is 2.33. The molecule has 1 aliphatic rings. The Labute approximate surface area is 224 Å². The lowest BCUT2D eigenvalue weighted by Crippen LogP contribution is -2.34. The molecule has 1 aliphatic heterocycles. The summed E-state index contributed by atoms with van der Waals surface area (Å²) in [4.78, 5) is 28.6. The van der Waals surface area contributed by atoms with E-state index < -0.39 is 0 Å². The lowest BCUT2D eigenvalue weighted by atomic mass is 9.86. The Morgan fingerprint density at radius 2 is 1.74 bits per heavy atom. The number of piperidine rings is 1. The van der Waals surface area contributed by atoms with Crippen molar-refractivity contribution in [1.82, 2.24) is 24.8 Å². The highest BCUT2D eigenvalue weighted by Gasteiger charge is 2.25. The van der Waals surface area contributed by atoms with Gasteiger partial charge in [-0.25, -0.2) is 4.98 Å². The first-order valence-corrected chi connectivity index (χ1v) is 13.3. The molecule has 8 nitrogen and oxygen atoms in total. The molecule has 0 saturated carbocycles. The third-order valence-electron chi connectivity index (χ3n) is 7.57. The molecule has 5 rings (SSSR count). The van der Waals surface area contributed by atoms with Gasteiger partial charge in [0.25, 0.3) is 5.91 Å². The van der Waals surface area contributed by atoms with Crippen molar-refractivity contribution >= 4 is 34.5 Å². The summed E-state index contributed by atoms with van der Waals surface area (Å²) in [5, 5.41) is 6.30. The Hall–Kier alpha value is -3.94. The molecule has 0 aliphatic carbocycles. The minimum atomic E-state index is -0.0572. The molecule has 0 bridgehead atoms. The number of benzene rings is 2. The molecule has 0 atom stereocenters. The Morgan fingerprint density at radius 1 is 1.03 bits per heavy atom. The van der Waals surface area contributed by atoms with Gasteiger partial charge in [-0.1, -0.05) is 45.0 Å². The zero-order valence-corrected chi connectivity index (χ0v) is 23.2. The van der Waals surface area contributed by atoms with Gasteiger partial charge in [0.1, 0.15) is 5.52 Å². The van der Waals surface area contributed by atoms with Gasteiger partial charge < -0.3 is 20.1 Å². The van der Waals surface area contributed by atoms with Crippen LogP contribution in [-0.2, 0) is 12.5 Å². The number of aromatic nitrogens is 4. The summed E-state index contributed by atoms with van der Waals surface area (Å²) in [5.74, 6) is 1.87. The third-order valence-corrected chi connectivity index (χ3v) is 7.57. The number of carbonyl (C=O) groups excluding carboxylic acids is 1. The maximum absolute atomic E-state index is 11.9. The number of anilines is 3. The van der Waals surface area contributed by atoms with E-state index in [2.05, 4.69) is 78.5 Å². The van der Waals surface area contributed by atoms with E-state index >= 15 is 0 Å². The van der Waals surface area contributed by atoms with Crippen molar-refractivity contribution in [3.8, 4) is 0 Å². The van der Waals surface area contributed by atoms with E-state index in [-0.39, 0.29) is 11.3 Å². The second kappa shape index (κ2) is 10.1. The zero-order valence-electron chi connectivity index (χ0n) is 23.2. The van der Waals surface area contributed by atoms with E-state index in [0.29, 0.717) is 23.1 Å². The molecule has 198 valence electrons. The molecule has 3 heterocycles. The Kier molecular flexibility index (Phi) is 6.82. The number of amides is 1. The predicted octanol–water partition coefficient (Wildman–Crippen LogP) is 5.46. The minimum Gasteiger partial charge on any atom is -0.355 e. The number of hydrogen-bond acceptors (Lipinski definition) is 6. The molecular weight excluding hydrogens is 474 g/mol. The summed E-state index contributed by atoms with van der Waals surface area (Å²) in [6.07, 6.45) is 3.79. The number of imidazole rings is 1. The largest absolute Gasteiger partial charge is 0.355 e. The molecule has 0 unspecified atom stereocenters. The van der Waals surface area contributed by atoms with Crippen LogP contribution in [0, 0.1) is 6.92 Å². The summed E-state index contributed by atoms with van der Waals surface area (Å²) in [5.41, 5.74) is 7.07. The average molecular weight is 512 g/mol. The van der Waals surface area contributed by atoms with Gasteiger partial charge in [-0.15, -0.1) is 0 Å². The van der Waals surface area contributed by atoms with Crippen molar-refractivity contribution in [2.45, 2.75) is 51.9 Å². The quantitative estimate of drug-likeness (QED) is 0.370. The van der Waals surface area contributed by atoms with E-state index in [0.717, 1.165) is 48.5 Å². The van der Waals surface area contributed by atoms with Gasteiger partial charge in [-0.3, -0.25) is 4.79 Å². The second-order valence-electron chi connectivity index (χ2n) is 11.3. The molecule has 0 radical (unpaired) electrons. The molecule has 8 heteroatoms. The van der Waals surface area contributed by atoms with Crippen LogP contribution in [0.5, 0.6) is 0 Å². The maximum Gasteiger partial charge on any atom is 0.251 e. The van der Waals surface area contributed by atoms with Crippen LogP contribution < -0.4 is 15.5 Å². The number of nitrogens with one attached hydrogen (secondary N) is 2. The van der Waals surface area contributed by atoms with Crippen LogP contribution in [0.15, 0.2) is 48.8 Å². The SMILES string of the molecule is CNC(=O)c1ccc(C2CCN(c3nc(Nc4cc(C(C)(C)C)ccc4C)c4c(ncn4C)n3)CC2)cc1. The highest BCUT2D eigenvalue weighted by atomic mass is 16.1. The minimum absolute atomic E-state index is 0.0515. The normalized spacial score (nSPS) is 14.6. The molecule has 2 N–H and O–H groups in total. The van der Waals surface area contributed by atoms with Crippen molar-refractivity contribution < 1.29 is 4.79 Å². The van der Waals surface area contributed by atoms with Gasteiger partial charge in [0.05, 0.1) is 6.33 Å². The number of aryl methyl sites for hydroxylation is 2. The van der Waals surface area contributed by atoms with Crippen molar-refractivity contribution in [1.29, 1.82) is 0 Å². The maximum atomic E-state index is 11.9. The molecule has 2 aromatic heterocycles. The summed E-state index contributed by atoms with van der Waals surface area (Å²) >= 11 is 0. The third kappa shape index (κ3) is 5.08. The van der Waals surface area contributed by atoms with E-state index in [4.69, 9.17) is 9.97 Å². The number of nitrogens with zero attached hydrogens (tertiary/aromatic N) is 5. The van der Waals surface area contributed by atoms with Crippen LogP contribution in [-0.4, -0.2) is 45.6 Å². The second-order valence-corrected chi connectivity index (χ2v) is 11.3. The molecule has 2 aromatic carbocycles. The van der Waals surface area contributed by atoms with Crippen LogP contribution in [0.3, 0.4) is 0 Å². The van der Waals surface area contributed by atoms with E-state index in [1.54, 1.807) is 13.4 Å². The molecule has 0 spiro atoms. The zero-order chi connectivity index (χ0) is 27.0. The van der Waals surface area contributed by atoms with Gasteiger partial charge >= 0.3 is 0 Å². The number of hydrogen-bond donors (Lipinski definition) is 2. The smallest absolute Gasteiger partial charge is 0.251 e. The Balaban J connectivity index is 1.39. The number of carbonyl (C=O) groups is 1. The molecule has 1 amide bonds. The summed E-state index contributed by atoms with van der Waals surface area (Å²) < 4.78 is 1.97. The first kappa shape index (κ1) is 25.7. The van der Waals surface area contributed by atoms with Crippen LogP contribution in [0.2, 0.25) is 0 Å². The van der Waals surface area contributed by atoms with Gasteiger partial charge in [-0.2, -0.15) is 9.97 Å². The molecule has 1 fully saturated rings. The van der Waals surface area contributed by atoms with Crippen LogP contribution in [0.1, 0.15) is 66.6 Å². The van der Waals surface area contributed by atoms with Crippen LogP contribution in [0.4, 0.5) is 17.5 Å². The summed E-state index contributed by atoms with van der Waals surface area (Å²) in [6, 6.07) is 14.6. The summed E-state index contributed by atoms with van der Waals surface area (Å²) in [6.45, 7) is 10.5. The van der Waals surface area contributed by atoms with Gasteiger partial charge in [-0.05, 0) is 66.0 Å². The van der Waals surface area contributed by atoms with E-state index in [1.807, 2.05) is 23.7 Å².